The van der Waals surface area contributed by atoms with Crippen molar-refractivity contribution < 1.29 is 0 Å². The number of hydrogen-bond donors (Lipinski definition) is 1. The molecule has 0 heterocycles. The highest BCUT2D eigenvalue weighted by molar-refractivity contribution is 9.10. The number of halogens is 2. The second-order valence-corrected chi connectivity index (χ2v) is 5.35. The molecule has 1 rings (SSSR count). The van der Waals surface area contributed by atoms with Crippen LogP contribution in [0.3, 0.4) is 0 Å². The molecule has 15 heavy (non-hydrogen) atoms. The number of nitrogens with two attached hydrogens (primary N) is 1. The van der Waals surface area contributed by atoms with Crippen LogP contribution in [0, 0.1) is 5.92 Å². The molecule has 0 fully saturated rings. The maximum absolute atomic E-state index is 6.18. The molecule has 1 nitrogen and oxygen atoms in total. The van der Waals surface area contributed by atoms with Gasteiger partial charge in [-0.1, -0.05) is 47.8 Å². The van der Waals surface area contributed by atoms with Crippen LogP contribution in [0.4, 0.5) is 0 Å². The fraction of sp³-hybridized carbons (Fsp3) is 0.500. The second-order valence-electron chi connectivity index (χ2n) is 3.99. The van der Waals surface area contributed by atoms with Crippen molar-refractivity contribution in [3.05, 3.63) is 33.3 Å². The van der Waals surface area contributed by atoms with Gasteiger partial charge in [-0.3, -0.25) is 0 Å². The Morgan fingerprint density at radius 2 is 2.07 bits per heavy atom. The summed E-state index contributed by atoms with van der Waals surface area (Å²) in [6.45, 7) is 4.36. The van der Waals surface area contributed by atoms with E-state index in [1.165, 1.54) is 0 Å². The molecule has 0 radical (unpaired) electrons. The fourth-order valence-corrected chi connectivity index (χ4v) is 2.62. The van der Waals surface area contributed by atoms with Crippen LogP contribution in [0.2, 0.25) is 5.02 Å². The summed E-state index contributed by atoms with van der Waals surface area (Å²) in [7, 11) is 0. The molecule has 2 atom stereocenters. The van der Waals surface area contributed by atoms with Crippen LogP contribution in [0.1, 0.15) is 38.3 Å². The van der Waals surface area contributed by atoms with Crippen molar-refractivity contribution in [2.45, 2.75) is 32.7 Å². The molecule has 2 N–H and O–H groups in total. The third-order valence-corrected chi connectivity index (χ3v) is 3.30. The van der Waals surface area contributed by atoms with Gasteiger partial charge in [0, 0.05) is 15.5 Å². The lowest BCUT2D eigenvalue weighted by Crippen LogP contribution is -2.19. The van der Waals surface area contributed by atoms with Crippen LogP contribution in [0.25, 0.3) is 0 Å². The van der Waals surface area contributed by atoms with Gasteiger partial charge >= 0.3 is 0 Å². The van der Waals surface area contributed by atoms with Gasteiger partial charge in [0.2, 0.25) is 0 Å². The van der Waals surface area contributed by atoms with E-state index < -0.39 is 0 Å². The average Bonchev–Trinajstić information content (AvgIpc) is 2.15. The zero-order chi connectivity index (χ0) is 11.4. The normalized spacial score (nSPS) is 15.0. The first-order valence-electron chi connectivity index (χ1n) is 5.26. The van der Waals surface area contributed by atoms with Crippen LogP contribution >= 0.6 is 27.5 Å². The first-order valence-corrected chi connectivity index (χ1v) is 6.43. The lowest BCUT2D eigenvalue weighted by molar-refractivity contribution is 0.433. The molecule has 0 spiro atoms. The van der Waals surface area contributed by atoms with Gasteiger partial charge in [0.25, 0.3) is 0 Å². The van der Waals surface area contributed by atoms with Crippen LogP contribution in [0.5, 0.6) is 0 Å². The lowest BCUT2D eigenvalue weighted by Gasteiger charge is -2.20. The van der Waals surface area contributed by atoms with Crippen LogP contribution in [-0.2, 0) is 0 Å². The van der Waals surface area contributed by atoms with Crippen molar-refractivity contribution in [2.24, 2.45) is 11.7 Å². The molecule has 0 saturated heterocycles. The minimum absolute atomic E-state index is 0.0694. The molecule has 1 aromatic rings. The Hall–Kier alpha value is -0.0500. The number of benzene rings is 1. The smallest absolute Gasteiger partial charge is 0.0420 e. The maximum atomic E-state index is 6.18. The SMILES string of the molecule is CCCC(C)C(N)c1cc(Cl)cc(Br)c1. The topological polar surface area (TPSA) is 26.0 Å². The molecule has 0 aromatic heterocycles. The van der Waals surface area contributed by atoms with Gasteiger partial charge in [-0.2, -0.15) is 0 Å². The lowest BCUT2D eigenvalue weighted by atomic mass is 9.92. The van der Waals surface area contributed by atoms with Crippen LogP contribution in [0.15, 0.2) is 22.7 Å². The molecule has 0 amide bonds. The zero-order valence-electron chi connectivity index (χ0n) is 9.13. The predicted molar refractivity (Wildman–Crippen MR) is 70.2 cm³/mol. The molecule has 2 unspecified atom stereocenters. The van der Waals surface area contributed by atoms with Gasteiger partial charge < -0.3 is 5.73 Å². The summed E-state index contributed by atoms with van der Waals surface area (Å²) in [6.07, 6.45) is 2.31. The number of hydrogen-bond acceptors (Lipinski definition) is 1. The summed E-state index contributed by atoms with van der Waals surface area (Å²) in [4.78, 5) is 0. The van der Waals surface area contributed by atoms with E-state index >= 15 is 0 Å². The van der Waals surface area contributed by atoms with E-state index in [0.29, 0.717) is 5.92 Å². The van der Waals surface area contributed by atoms with Gasteiger partial charge in [0.15, 0.2) is 0 Å². The van der Waals surface area contributed by atoms with E-state index in [-0.39, 0.29) is 6.04 Å². The summed E-state index contributed by atoms with van der Waals surface area (Å²) < 4.78 is 0.990. The molecule has 0 aliphatic heterocycles. The van der Waals surface area contributed by atoms with E-state index in [1.54, 1.807) is 0 Å². The number of rotatable bonds is 4. The van der Waals surface area contributed by atoms with Crippen molar-refractivity contribution in [1.82, 2.24) is 0 Å². The molecule has 1 aromatic carbocycles. The van der Waals surface area contributed by atoms with E-state index in [2.05, 4.69) is 29.8 Å². The standard InChI is InChI=1S/C12H17BrClN/c1-3-4-8(2)12(15)9-5-10(13)7-11(14)6-9/h5-8,12H,3-4,15H2,1-2H3. The second kappa shape index (κ2) is 5.88. The summed E-state index contributed by atoms with van der Waals surface area (Å²) in [6, 6.07) is 5.94. The van der Waals surface area contributed by atoms with Crippen molar-refractivity contribution in [3.8, 4) is 0 Å². The highest BCUT2D eigenvalue weighted by atomic mass is 79.9. The van der Waals surface area contributed by atoms with Gasteiger partial charge in [-0.25, -0.2) is 0 Å². The summed E-state index contributed by atoms with van der Waals surface area (Å²) in [5, 5.41) is 0.735. The minimum atomic E-state index is 0.0694. The molecular formula is C12H17BrClN. The van der Waals surface area contributed by atoms with Gasteiger partial charge in [-0.15, -0.1) is 0 Å². The minimum Gasteiger partial charge on any atom is -0.324 e. The Morgan fingerprint density at radius 1 is 1.40 bits per heavy atom. The Labute approximate surface area is 105 Å². The maximum Gasteiger partial charge on any atom is 0.0420 e. The van der Waals surface area contributed by atoms with E-state index in [1.807, 2.05) is 18.2 Å². The monoisotopic (exact) mass is 289 g/mol. The largest absolute Gasteiger partial charge is 0.324 e. The van der Waals surface area contributed by atoms with Crippen molar-refractivity contribution >= 4 is 27.5 Å². The predicted octanol–water partition coefficient (Wildman–Crippen LogP) is 4.54. The molecule has 84 valence electrons. The Morgan fingerprint density at radius 3 is 2.60 bits per heavy atom. The first kappa shape index (κ1) is 13.0. The third kappa shape index (κ3) is 3.78. The Bertz CT molecular complexity index is 307. The quantitative estimate of drug-likeness (QED) is 0.865. The average molecular weight is 291 g/mol. The van der Waals surface area contributed by atoms with Gasteiger partial charge in [0.1, 0.15) is 0 Å². The van der Waals surface area contributed by atoms with Gasteiger partial charge in [-0.05, 0) is 36.1 Å². The van der Waals surface area contributed by atoms with E-state index in [4.69, 9.17) is 17.3 Å². The van der Waals surface area contributed by atoms with Crippen molar-refractivity contribution in [3.63, 3.8) is 0 Å². The Balaban J connectivity index is 2.85. The molecular weight excluding hydrogens is 273 g/mol. The van der Waals surface area contributed by atoms with Crippen LogP contribution in [-0.4, -0.2) is 0 Å². The van der Waals surface area contributed by atoms with Gasteiger partial charge in [0.05, 0.1) is 0 Å². The first-order chi connectivity index (χ1) is 7.04. The highest BCUT2D eigenvalue weighted by Gasteiger charge is 2.14. The van der Waals surface area contributed by atoms with Crippen molar-refractivity contribution in [1.29, 1.82) is 0 Å². The van der Waals surface area contributed by atoms with E-state index in [9.17, 15) is 0 Å². The molecule has 0 aliphatic carbocycles. The highest BCUT2D eigenvalue weighted by Crippen LogP contribution is 2.28. The summed E-state index contributed by atoms with van der Waals surface area (Å²) in [5.74, 6) is 0.486. The molecule has 3 heteroatoms. The molecule has 0 saturated carbocycles. The summed E-state index contributed by atoms with van der Waals surface area (Å²) in [5.41, 5.74) is 7.29. The molecule has 0 aliphatic rings. The van der Waals surface area contributed by atoms with E-state index in [0.717, 1.165) is 27.9 Å². The molecule has 0 bridgehead atoms. The Kier molecular flexibility index (Phi) is 5.10. The fourth-order valence-electron chi connectivity index (χ4n) is 1.73. The summed E-state index contributed by atoms with van der Waals surface area (Å²) >= 11 is 9.42. The van der Waals surface area contributed by atoms with Crippen molar-refractivity contribution in [2.75, 3.05) is 0 Å². The third-order valence-electron chi connectivity index (χ3n) is 2.63. The zero-order valence-corrected chi connectivity index (χ0v) is 11.5. The van der Waals surface area contributed by atoms with Crippen LogP contribution < -0.4 is 5.73 Å².